The molecular weight excluding hydrogens is 463 g/mol. The van der Waals surface area contributed by atoms with Gasteiger partial charge in [-0.15, -0.1) is 11.3 Å². The molecule has 0 spiro atoms. The van der Waals surface area contributed by atoms with E-state index >= 15 is 0 Å². The zero-order chi connectivity index (χ0) is 23.5. The standard InChI is InChI=1S/C22H19ClF3N3O2S/c1-3-29(12-18(30)28-17-10-5-4-9-16(17)22(24,25)26)21(31)19-13(2)27-20(32-19)14-7-6-8-15(23)11-14/h4-11H,3,12H2,1-2H3,(H,28,30). The molecule has 3 aromatic rings. The summed E-state index contributed by atoms with van der Waals surface area (Å²) in [4.78, 5) is 31.5. The van der Waals surface area contributed by atoms with Gasteiger partial charge in [0.25, 0.3) is 5.91 Å². The Morgan fingerprint density at radius 1 is 1.16 bits per heavy atom. The van der Waals surface area contributed by atoms with Gasteiger partial charge in [0, 0.05) is 17.1 Å². The first-order valence-corrected chi connectivity index (χ1v) is 10.8. The number of nitrogens with zero attached hydrogens (tertiary/aromatic N) is 2. The number of para-hydroxylation sites is 1. The zero-order valence-corrected chi connectivity index (χ0v) is 18.7. The van der Waals surface area contributed by atoms with Crippen molar-refractivity contribution in [3.8, 4) is 10.6 Å². The fourth-order valence-electron chi connectivity index (χ4n) is 3.01. The second kappa shape index (κ2) is 9.70. The van der Waals surface area contributed by atoms with E-state index in [1.807, 2.05) is 6.07 Å². The summed E-state index contributed by atoms with van der Waals surface area (Å²) in [6.45, 7) is 3.16. The third-order valence-electron chi connectivity index (χ3n) is 4.57. The Morgan fingerprint density at radius 2 is 1.88 bits per heavy atom. The summed E-state index contributed by atoms with van der Waals surface area (Å²) in [5.41, 5.74) is -0.0524. The van der Waals surface area contributed by atoms with E-state index in [1.54, 1.807) is 32.0 Å². The van der Waals surface area contributed by atoms with Crippen LogP contribution in [-0.4, -0.2) is 34.8 Å². The number of aryl methyl sites for hydroxylation is 1. The molecule has 10 heteroatoms. The van der Waals surface area contributed by atoms with Crippen molar-refractivity contribution < 1.29 is 22.8 Å². The number of anilines is 1. The van der Waals surface area contributed by atoms with Gasteiger partial charge in [-0.25, -0.2) is 4.98 Å². The molecule has 0 aliphatic heterocycles. The van der Waals surface area contributed by atoms with E-state index in [9.17, 15) is 22.8 Å². The molecule has 0 saturated heterocycles. The first-order chi connectivity index (χ1) is 15.1. The fraction of sp³-hybridized carbons (Fsp3) is 0.227. The van der Waals surface area contributed by atoms with Gasteiger partial charge in [0.1, 0.15) is 16.4 Å². The van der Waals surface area contributed by atoms with Gasteiger partial charge in [0.15, 0.2) is 0 Å². The van der Waals surface area contributed by atoms with Gasteiger partial charge in [-0.3, -0.25) is 9.59 Å². The van der Waals surface area contributed by atoms with E-state index < -0.39 is 30.1 Å². The number of amides is 2. The van der Waals surface area contributed by atoms with Gasteiger partial charge in [-0.1, -0.05) is 35.9 Å². The smallest absolute Gasteiger partial charge is 0.329 e. The molecule has 3 rings (SSSR count). The number of aromatic nitrogens is 1. The van der Waals surface area contributed by atoms with E-state index in [-0.39, 0.29) is 12.2 Å². The Balaban J connectivity index is 1.77. The summed E-state index contributed by atoms with van der Waals surface area (Å²) in [5, 5.41) is 3.40. The summed E-state index contributed by atoms with van der Waals surface area (Å²) in [7, 11) is 0. The lowest BCUT2D eigenvalue weighted by Crippen LogP contribution is -2.38. The average Bonchev–Trinajstić information content (AvgIpc) is 3.13. The Hall–Kier alpha value is -2.91. The lowest BCUT2D eigenvalue weighted by molar-refractivity contribution is -0.137. The average molecular weight is 482 g/mol. The minimum atomic E-state index is -4.61. The third-order valence-corrected chi connectivity index (χ3v) is 6.00. The molecule has 32 heavy (non-hydrogen) atoms. The highest BCUT2D eigenvalue weighted by molar-refractivity contribution is 7.17. The highest BCUT2D eigenvalue weighted by Gasteiger charge is 2.33. The van der Waals surface area contributed by atoms with Crippen molar-refractivity contribution in [2.45, 2.75) is 20.0 Å². The zero-order valence-electron chi connectivity index (χ0n) is 17.2. The van der Waals surface area contributed by atoms with Gasteiger partial charge in [-0.05, 0) is 38.1 Å². The summed E-state index contributed by atoms with van der Waals surface area (Å²) >= 11 is 7.20. The number of likely N-dealkylation sites (N-methyl/N-ethyl adjacent to an activating group) is 1. The normalized spacial score (nSPS) is 11.3. The number of carbonyl (C=O) groups excluding carboxylic acids is 2. The number of halogens is 4. The second-order valence-corrected chi connectivity index (χ2v) is 8.29. The van der Waals surface area contributed by atoms with Gasteiger partial charge >= 0.3 is 6.18 Å². The molecule has 0 bridgehead atoms. The molecule has 0 unspecified atom stereocenters. The SMILES string of the molecule is CCN(CC(=O)Nc1ccccc1C(F)(F)F)C(=O)c1sc(-c2cccc(Cl)c2)nc1C. The quantitative estimate of drug-likeness (QED) is 0.477. The van der Waals surface area contributed by atoms with Gasteiger partial charge < -0.3 is 10.2 Å². The van der Waals surface area contributed by atoms with E-state index in [2.05, 4.69) is 10.3 Å². The first-order valence-electron chi connectivity index (χ1n) is 9.59. The number of rotatable bonds is 6. The van der Waals surface area contributed by atoms with E-state index in [1.165, 1.54) is 34.4 Å². The number of benzene rings is 2. The molecular formula is C22H19ClF3N3O2S. The molecule has 0 fully saturated rings. The number of thiazole rings is 1. The van der Waals surface area contributed by atoms with Crippen LogP contribution in [0.5, 0.6) is 0 Å². The molecule has 0 saturated carbocycles. The van der Waals surface area contributed by atoms with Crippen LogP contribution in [0.1, 0.15) is 27.9 Å². The highest BCUT2D eigenvalue weighted by atomic mass is 35.5. The predicted molar refractivity (Wildman–Crippen MR) is 119 cm³/mol. The van der Waals surface area contributed by atoms with Crippen molar-refractivity contribution in [1.82, 2.24) is 9.88 Å². The monoisotopic (exact) mass is 481 g/mol. The van der Waals surface area contributed by atoms with Crippen LogP contribution in [0.15, 0.2) is 48.5 Å². The number of carbonyl (C=O) groups is 2. The fourth-order valence-corrected chi connectivity index (χ4v) is 4.23. The van der Waals surface area contributed by atoms with Gasteiger partial charge in [0.05, 0.1) is 16.9 Å². The summed E-state index contributed by atoms with van der Waals surface area (Å²) in [5.74, 6) is -1.15. The van der Waals surface area contributed by atoms with Crippen molar-refractivity contribution >= 4 is 40.4 Å². The molecule has 1 heterocycles. The van der Waals surface area contributed by atoms with E-state index in [4.69, 9.17) is 11.6 Å². The third kappa shape index (κ3) is 5.46. The highest BCUT2D eigenvalue weighted by Crippen LogP contribution is 2.34. The Bertz CT molecular complexity index is 1150. The molecule has 0 radical (unpaired) electrons. The van der Waals surface area contributed by atoms with Crippen molar-refractivity contribution in [2.24, 2.45) is 0 Å². The van der Waals surface area contributed by atoms with Crippen LogP contribution in [0.25, 0.3) is 10.6 Å². The molecule has 2 aromatic carbocycles. The van der Waals surface area contributed by atoms with Crippen LogP contribution in [0.4, 0.5) is 18.9 Å². The number of alkyl halides is 3. The minimum absolute atomic E-state index is 0.191. The van der Waals surface area contributed by atoms with E-state index in [0.29, 0.717) is 20.6 Å². The van der Waals surface area contributed by atoms with Crippen molar-refractivity contribution in [1.29, 1.82) is 0 Å². The molecule has 2 amide bonds. The Kier molecular flexibility index (Phi) is 7.20. The minimum Gasteiger partial charge on any atom is -0.329 e. The van der Waals surface area contributed by atoms with Crippen LogP contribution in [-0.2, 0) is 11.0 Å². The summed E-state index contributed by atoms with van der Waals surface area (Å²) in [6, 6.07) is 11.7. The lowest BCUT2D eigenvalue weighted by atomic mass is 10.1. The van der Waals surface area contributed by atoms with Gasteiger partial charge in [-0.2, -0.15) is 13.2 Å². The Labute approximate surface area is 191 Å². The maximum atomic E-state index is 13.2. The van der Waals surface area contributed by atoms with Crippen molar-refractivity contribution in [3.05, 3.63) is 69.7 Å². The van der Waals surface area contributed by atoms with Crippen LogP contribution in [0, 0.1) is 6.92 Å². The molecule has 1 N–H and O–H groups in total. The number of hydrogen-bond donors (Lipinski definition) is 1. The number of nitrogens with one attached hydrogen (secondary N) is 1. The Morgan fingerprint density at radius 3 is 2.53 bits per heavy atom. The molecule has 0 aliphatic carbocycles. The van der Waals surface area contributed by atoms with Crippen molar-refractivity contribution in [3.63, 3.8) is 0 Å². The molecule has 1 aromatic heterocycles. The molecule has 168 valence electrons. The summed E-state index contributed by atoms with van der Waals surface area (Å²) < 4.78 is 39.5. The largest absolute Gasteiger partial charge is 0.418 e. The maximum absolute atomic E-state index is 13.2. The van der Waals surface area contributed by atoms with Crippen LogP contribution >= 0.6 is 22.9 Å². The van der Waals surface area contributed by atoms with Gasteiger partial charge in [0.2, 0.25) is 5.91 Å². The maximum Gasteiger partial charge on any atom is 0.418 e. The molecule has 5 nitrogen and oxygen atoms in total. The second-order valence-electron chi connectivity index (χ2n) is 6.85. The predicted octanol–water partition coefficient (Wildman–Crippen LogP) is 5.89. The number of hydrogen-bond acceptors (Lipinski definition) is 4. The molecule has 0 atom stereocenters. The van der Waals surface area contributed by atoms with E-state index in [0.717, 1.165) is 11.6 Å². The first kappa shape index (κ1) is 23.7. The topological polar surface area (TPSA) is 62.3 Å². The lowest BCUT2D eigenvalue weighted by Gasteiger charge is -2.20. The molecule has 0 aliphatic rings. The van der Waals surface area contributed by atoms with Crippen LogP contribution in [0.2, 0.25) is 5.02 Å². The summed E-state index contributed by atoms with van der Waals surface area (Å²) in [6.07, 6.45) is -4.61. The van der Waals surface area contributed by atoms with Crippen LogP contribution in [0.3, 0.4) is 0 Å². The van der Waals surface area contributed by atoms with Crippen molar-refractivity contribution in [2.75, 3.05) is 18.4 Å². The van der Waals surface area contributed by atoms with Crippen LogP contribution < -0.4 is 5.32 Å².